The van der Waals surface area contributed by atoms with E-state index < -0.39 is 0 Å². The van der Waals surface area contributed by atoms with E-state index in [-0.39, 0.29) is 5.56 Å². The van der Waals surface area contributed by atoms with E-state index in [1.807, 2.05) is 0 Å². The molecule has 0 aliphatic carbocycles. The monoisotopic (exact) mass is 283 g/mol. The zero-order valence-electron chi connectivity index (χ0n) is 9.84. The second-order valence-electron chi connectivity index (χ2n) is 3.50. The minimum absolute atomic E-state index is 0.145. The van der Waals surface area contributed by atoms with Crippen LogP contribution in [0.15, 0.2) is 22.2 Å². The average molecular weight is 283 g/mol. The number of hydrogen-bond acceptors (Lipinski definition) is 7. The number of H-pyrrole nitrogens is 1. The molecule has 2 aromatic heterocycles. The quantitative estimate of drug-likeness (QED) is 0.620. The van der Waals surface area contributed by atoms with Crippen molar-refractivity contribution in [2.24, 2.45) is 0 Å². The molecule has 0 saturated carbocycles. The number of thioether (sulfide) groups is 1. The lowest BCUT2D eigenvalue weighted by atomic mass is 10.4. The molecule has 2 rings (SSSR count). The molecular weight excluding hydrogens is 270 g/mol. The fourth-order valence-electron chi connectivity index (χ4n) is 1.24. The van der Waals surface area contributed by atoms with E-state index in [4.69, 9.17) is 0 Å². The van der Waals surface area contributed by atoms with Crippen LogP contribution >= 0.6 is 23.3 Å². The second kappa shape index (κ2) is 6.50. The molecule has 6 nitrogen and oxygen atoms in total. The molecule has 0 aliphatic heterocycles. The van der Waals surface area contributed by atoms with Gasteiger partial charge in [-0.05, 0) is 6.42 Å². The highest BCUT2D eigenvalue weighted by molar-refractivity contribution is 7.98. The Balaban J connectivity index is 1.97. The molecule has 8 heteroatoms. The van der Waals surface area contributed by atoms with Crippen molar-refractivity contribution in [3.8, 4) is 0 Å². The van der Waals surface area contributed by atoms with Crippen molar-refractivity contribution in [2.45, 2.75) is 24.3 Å². The first-order valence-electron chi connectivity index (χ1n) is 5.53. The van der Waals surface area contributed by atoms with Gasteiger partial charge in [-0.2, -0.15) is 0 Å². The molecule has 0 aromatic carbocycles. The van der Waals surface area contributed by atoms with E-state index in [0.717, 1.165) is 23.7 Å². The summed E-state index contributed by atoms with van der Waals surface area (Å²) < 4.78 is 3.93. The zero-order valence-corrected chi connectivity index (χ0v) is 11.5. The Morgan fingerprint density at radius 3 is 3.22 bits per heavy atom. The molecular formula is C10H13N5OS2. The number of hydrogen-bond donors (Lipinski definition) is 2. The Labute approximate surface area is 112 Å². The normalized spacial score (nSPS) is 10.5. The molecule has 0 unspecified atom stereocenters. The second-order valence-corrected chi connectivity index (χ2v) is 5.22. The summed E-state index contributed by atoms with van der Waals surface area (Å²) in [5, 5.41) is 8.93. The topological polar surface area (TPSA) is 83.6 Å². The summed E-state index contributed by atoms with van der Waals surface area (Å²) in [6.07, 6.45) is 2.55. The van der Waals surface area contributed by atoms with Gasteiger partial charge >= 0.3 is 0 Å². The molecule has 0 atom stereocenters. The van der Waals surface area contributed by atoms with Crippen molar-refractivity contribution >= 4 is 28.3 Å². The van der Waals surface area contributed by atoms with Gasteiger partial charge < -0.3 is 10.3 Å². The Kier molecular flexibility index (Phi) is 4.71. The van der Waals surface area contributed by atoms with Gasteiger partial charge in [-0.15, -0.1) is 5.10 Å². The lowest BCUT2D eigenvalue weighted by Crippen LogP contribution is -2.05. The van der Waals surface area contributed by atoms with Crippen molar-refractivity contribution < 1.29 is 0 Å². The van der Waals surface area contributed by atoms with Crippen molar-refractivity contribution in [1.29, 1.82) is 0 Å². The van der Waals surface area contributed by atoms with E-state index >= 15 is 0 Å². The Morgan fingerprint density at radius 2 is 2.44 bits per heavy atom. The van der Waals surface area contributed by atoms with Crippen LogP contribution in [0.4, 0.5) is 5.00 Å². The van der Waals surface area contributed by atoms with Crippen LogP contribution < -0.4 is 10.9 Å². The van der Waals surface area contributed by atoms with E-state index in [1.165, 1.54) is 35.6 Å². The molecule has 2 N–H and O–H groups in total. The standard InChI is InChI=1S/C10H13N5OS2/c1-2-4-11-9-7(14-15-18-9)6-17-10-12-5-3-8(16)13-10/h3,5,11H,2,4,6H2,1H3,(H,12,13,16). The van der Waals surface area contributed by atoms with Crippen LogP contribution in [-0.4, -0.2) is 26.1 Å². The molecule has 2 aromatic rings. The van der Waals surface area contributed by atoms with Crippen LogP contribution in [0.5, 0.6) is 0 Å². The van der Waals surface area contributed by atoms with Crippen LogP contribution in [0.3, 0.4) is 0 Å². The first-order valence-corrected chi connectivity index (χ1v) is 7.28. The number of nitrogens with zero attached hydrogens (tertiary/aromatic N) is 3. The molecule has 0 amide bonds. The van der Waals surface area contributed by atoms with Crippen molar-refractivity contribution in [3.63, 3.8) is 0 Å². The fourth-order valence-corrected chi connectivity index (χ4v) is 2.72. The number of aromatic nitrogens is 4. The third-order valence-corrected chi connectivity index (χ3v) is 3.71. The first-order chi connectivity index (χ1) is 8.79. The van der Waals surface area contributed by atoms with Gasteiger partial charge in [-0.25, -0.2) is 4.98 Å². The Bertz CT molecular complexity index is 553. The zero-order chi connectivity index (χ0) is 12.8. The van der Waals surface area contributed by atoms with E-state index in [2.05, 4.69) is 31.8 Å². The predicted molar refractivity (Wildman–Crippen MR) is 73.1 cm³/mol. The summed E-state index contributed by atoms with van der Waals surface area (Å²) in [4.78, 5) is 17.8. The van der Waals surface area contributed by atoms with Gasteiger partial charge in [0.15, 0.2) is 5.16 Å². The largest absolute Gasteiger partial charge is 0.374 e. The molecule has 0 radical (unpaired) electrons. The van der Waals surface area contributed by atoms with Crippen LogP contribution in [-0.2, 0) is 5.75 Å². The van der Waals surface area contributed by atoms with Gasteiger partial charge in [0.1, 0.15) is 10.7 Å². The highest BCUT2D eigenvalue weighted by atomic mass is 32.2. The molecule has 18 heavy (non-hydrogen) atoms. The number of aromatic amines is 1. The maximum Gasteiger partial charge on any atom is 0.251 e. The third kappa shape index (κ3) is 3.54. The van der Waals surface area contributed by atoms with E-state index in [0.29, 0.717) is 10.9 Å². The summed E-state index contributed by atoms with van der Waals surface area (Å²) in [5.74, 6) is 0.634. The summed E-state index contributed by atoms with van der Waals surface area (Å²) in [5.41, 5.74) is 0.748. The number of nitrogens with one attached hydrogen (secondary N) is 2. The van der Waals surface area contributed by atoms with Crippen molar-refractivity contribution in [3.05, 3.63) is 28.3 Å². The molecule has 0 fully saturated rings. The average Bonchev–Trinajstić information content (AvgIpc) is 2.81. The molecule has 2 heterocycles. The number of rotatable bonds is 6. The van der Waals surface area contributed by atoms with Gasteiger partial charge in [0.25, 0.3) is 5.56 Å². The number of anilines is 1. The maximum absolute atomic E-state index is 11.1. The first kappa shape index (κ1) is 13.0. The van der Waals surface area contributed by atoms with E-state index in [1.54, 1.807) is 0 Å². The summed E-state index contributed by atoms with van der Waals surface area (Å²) >= 11 is 2.79. The Morgan fingerprint density at radius 1 is 1.56 bits per heavy atom. The van der Waals surface area contributed by atoms with E-state index in [9.17, 15) is 4.79 Å². The summed E-state index contributed by atoms with van der Waals surface area (Å²) in [6, 6.07) is 1.39. The molecule has 0 aliphatic rings. The highest BCUT2D eigenvalue weighted by Crippen LogP contribution is 2.24. The van der Waals surface area contributed by atoms with Gasteiger partial charge in [0, 0.05) is 36.1 Å². The lowest BCUT2D eigenvalue weighted by Gasteiger charge is -2.02. The fraction of sp³-hybridized carbons (Fsp3) is 0.400. The minimum Gasteiger partial charge on any atom is -0.374 e. The van der Waals surface area contributed by atoms with Gasteiger partial charge in [-0.3, -0.25) is 4.79 Å². The van der Waals surface area contributed by atoms with Crippen LogP contribution in [0.1, 0.15) is 19.0 Å². The SMILES string of the molecule is CCCNc1snnc1CSc1nccc(=O)[nH]1. The predicted octanol–water partition coefficient (Wildman–Crippen LogP) is 1.74. The van der Waals surface area contributed by atoms with Gasteiger partial charge in [-0.1, -0.05) is 23.2 Å². The van der Waals surface area contributed by atoms with Crippen molar-refractivity contribution in [1.82, 2.24) is 19.6 Å². The van der Waals surface area contributed by atoms with Gasteiger partial charge in [0.2, 0.25) is 0 Å². The Hall–Kier alpha value is -1.41. The van der Waals surface area contributed by atoms with Gasteiger partial charge in [0.05, 0.1) is 0 Å². The van der Waals surface area contributed by atoms with Crippen LogP contribution in [0.2, 0.25) is 0 Å². The maximum atomic E-state index is 11.1. The minimum atomic E-state index is -0.145. The highest BCUT2D eigenvalue weighted by Gasteiger charge is 2.08. The molecule has 96 valence electrons. The smallest absolute Gasteiger partial charge is 0.251 e. The van der Waals surface area contributed by atoms with Crippen molar-refractivity contribution in [2.75, 3.05) is 11.9 Å². The van der Waals surface area contributed by atoms with Crippen LogP contribution in [0.25, 0.3) is 0 Å². The summed E-state index contributed by atoms with van der Waals surface area (Å²) in [6.45, 7) is 3.01. The molecule has 0 spiro atoms. The molecule has 0 saturated heterocycles. The van der Waals surface area contributed by atoms with Crippen LogP contribution in [0, 0.1) is 0 Å². The molecule has 0 bridgehead atoms. The third-order valence-electron chi connectivity index (χ3n) is 2.08. The summed E-state index contributed by atoms with van der Waals surface area (Å²) in [7, 11) is 0. The lowest BCUT2D eigenvalue weighted by molar-refractivity contribution is 0.933.